The standard InChI is InChI=1S/C11H15N3O3/c1-13(2)10(16)7-14(3)11(17)8-4-5-12-6-9(8)15/h4-6,15H,7H2,1-3H3. The van der Waals surface area contributed by atoms with Gasteiger partial charge in [0.05, 0.1) is 18.3 Å². The molecule has 1 heterocycles. The van der Waals surface area contributed by atoms with Gasteiger partial charge in [-0.15, -0.1) is 0 Å². The van der Waals surface area contributed by atoms with Crippen molar-refractivity contribution in [3.8, 4) is 5.75 Å². The number of pyridine rings is 1. The minimum atomic E-state index is -0.417. The molecule has 6 nitrogen and oxygen atoms in total. The summed E-state index contributed by atoms with van der Waals surface area (Å²) in [5.74, 6) is -0.795. The van der Waals surface area contributed by atoms with E-state index in [0.717, 1.165) is 0 Å². The Morgan fingerprint density at radius 3 is 2.53 bits per heavy atom. The highest BCUT2D eigenvalue weighted by molar-refractivity contribution is 5.98. The van der Waals surface area contributed by atoms with E-state index in [1.807, 2.05) is 0 Å². The van der Waals surface area contributed by atoms with Crippen LogP contribution < -0.4 is 0 Å². The van der Waals surface area contributed by atoms with E-state index in [2.05, 4.69) is 4.98 Å². The number of carbonyl (C=O) groups excluding carboxylic acids is 2. The second-order valence-electron chi connectivity index (χ2n) is 3.84. The Labute approximate surface area is 99.5 Å². The number of likely N-dealkylation sites (N-methyl/N-ethyl adjacent to an activating group) is 2. The van der Waals surface area contributed by atoms with Crippen LogP contribution in [0.2, 0.25) is 0 Å². The Morgan fingerprint density at radius 1 is 1.35 bits per heavy atom. The van der Waals surface area contributed by atoms with Crippen LogP contribution in [0, 0.1) is 0 Å². The van der Waals surface area contributed by atoms with Gasteiger partial charge in [-0.25, -0.2) is 0 Å². The first-order valence-electron chi connectivity index (χ1n) is 5.02. The first-order chi connectivity index (χ1) is 7.93. The van der Waals surface area contributed by atoms with Crippen molar-refractivity contribution < 1.29 is 14.7 Å². The Kier molecular flexibility index (Phi) is 4.03. The highest BCUT2D eigenvalue weighted by atomic mass is 16.3. The number of nitrogens with zero attached hydrogens (tertiary/aromatic N) is 3. The van der Waals surface area contributed by atoms with Crippen molar-refractivity contribution in [3.05, 3.63) is 24.0 Å². The molecule has 2 amide bonds. The van der Waals surface area contributed by atoms with Gasteiger partial charge in [-0.05, 0) is 6.07 Å². The highest BCUT2D eigenvalue weighted by Crippen LogP contribution is 2.15. The van der Waals surface area contributed by atoms with Gasteiger partial charge < -0.3 is 14.9 Å². The lowest BCUT2D eigenvalue weighted by atomic mass is 10.2. The molecule has 0 aliphatic heterocycles. The fourth-order valence-electron chi connectivity index (χ4n) is 1.19. The normalized spacial score (nSPS) is 9.82. The first kappa shape index (κ1) is 13.0. The molecule has 0 spiro atoms. The summed E-state index contributed by atoms with van der Waals surface area (Å²) in [5, 5.41) is 9.47. The summed E-state index contributed by atoms with van der Waals surface area (Å²) in [6.07, 6.45) is 2.60. The minimum absolute atomic E-state index is 0.0341. The number of carbonyl (C=O) groups is 2. The lowest BCUT2D eigenvalue weighted by Crippen LogP contribution is -2.37. The highest BCUT2D eigenvalue weighted by Gasteiger charge is 2.18. The number of hydrogen-bond acceptors (Lipinski definition) is 4. The average molecular weight is 237 g/mol. The molecule has 1 aromatic rings. The van der Waals surface area contributed by atoms with Crippen molar-refractivity contribution in [1.29, 1.82) is 0 Å². The topological polar surface area (TPSA) is 73.7 Å². The number of aromatic nitrogens is 1. The summed E-state index contributed by atoms with van der Waals surface area (Å²) in [6.45, 7) is -0.0341. The van der Waals surface area contributed by atoms with Crippen molar-refractivity contribution in [1.82, 2.24) is 14.8 Å². The Balaban J connectivity index is 2.77. The lowest BCUT2D eigenvalue weighted by molar-refractivity contribution is -0.129. The number of rotatable bonds is 3. The quantitative estimate of drug-likeness (QED) is 0.799. The molecule has 0 unspecified atom stereocenters. The van der Waals surface area contributed by atoms with E-state index in [-0.39, 0.29) is 23.8 Å². The minimum Gasteiger partial charge on any atom is -0.505 e. The molecule has 1 rings (SSSR count). The molecule has 0 aliphatic carbocycles. The van der Waals surface area contributed by atoms with Crippen LogP contribution in [0.25, 0.3) is 0 Å². The van der Waals surface area contributed by atoms with Crippen molar-refractivity contribution in [3.63, 3.8) is 0 Å². The van der Waals surface area contributed by atoms with Gasteiger partial charge in [-0.3, -0.25) is 14.6 Å². The van der Waals surface area contributed by atoms with Crippen LogP contribution in [0.15, 0.2) is 18.5 Å². The summed E-state index contributed by atoms with van der Waals surface area (Å²) in [6, 6.07) is 1.41. The van der Waals surface area contributed by atoms with Gasteiger partial charge in [-0.1, -0.05) is 0 Å². The predicted molar refractivity (Wildman–Crippen MR) is 61.6 cm³/mol. The van der Waals surface area contributed by atoms with Gasteiger partial charge in [0.1, 0.15) is 5.75 Å². The van der Waals surface area contributed by atoms with Crippen LogP contribution >= 0.6 is 0 Å². The van der Waals surface area contributed by atoms with E-state index in [4.69, 9.17) is 0 Å². The Hall–Kier alpha value is -2.11. The fourth-order valence-corrected chi connectivity index (χ4v) is 1.19. The fraction of sp³-hybridized carbons (Fsp3) is 0.364. The van der Waals surface area contributed by atoms with Crippen LogP contribution in [0.4, 0.5) is 0 Å². The molecule has 1 N–H and O–H groups in total. The smallest absolute Gasteiger partial charge is 0.257 e. The number of hydrogen-bond donors (Lipinski definition) is 1. The van der Waals surface area contributed by atoms with Crippen LogP contribution in [0.1, 0.15) is 10.4 Å². The maximum Gasteiger partial charge on any atom is 0.257 e. The molecule has 6 heteroatoms. The molecule has 92 valence electrons. The van der Waals surface area contributed by atoms with Gasteiger partial charge in [0, 0.05) is 27.3 Å². The molecule has 0 bridgehead atoms. The average Bonchev–Trinajstić information content (AvgIpc) is 2.28. The maximum absolute atomic E-state index is 11.9. The molecule has 0 aromatic carbocycles. The molecule has 0 fully saturated rings. The summed E-state index contributed by atoms with van der Waals surface area (Å²) < 4.78 is 0. The van der Waals surface area contributed by atoms with Crippen molar-refractivity contribution in [2.45, 2.75) is 0 Å². The zero-order valence-electron chi connectivity index (χ0n) is 10.0. The van der Waals surface area contributed by atoms with Crippen molar-refractivity contribution in [2.24, 2.45) is 0 Å². The molecular weight excluding hydrogens is 222 g/mol. The van der Waals surface area contributed by atoms with E-state index >= 15 is 0 Å². The summed E-state index contributed by atoms with van der Waals surface area (Å²) in [5.41, 5.74) is 0.133. The van der Waals surface area contributed by atoms with E-state index in [1.165, 1.54) is 35.3 Å². The van der Waals surface area contributed by atoms with Gasteiger partial charge in [0.2, 0.25) is 5.91 Å². The van der Waals surface area contributed by atoms with Gasteiger partial charge >= 0.3 is 0 Å². The van der Waals surface area contributed by atoms with Crippen LogP contribution in [0.3, 0.4) is 0 Å². The third-order valence-electron chi connectivity index (χ3n) is 2.25. The molecule has 17 heavy (non-hydrogen) atoms. The first-order valence-corrected chi connectivity index (χ1v) is 5.02. The van der Waals surface area contributed by atoms with Gasteiger partial charge in [0.15, 0.2) is 0 Å². The third kappa shape index (κ3) is 3.17. The monoisotopic (exact) mass is 237 g/mol. The SMILES string of the molecule is CN(C)C(=O)CN(C)C(=O)c1ccncc1O. The Bertz CT molecular complexity index is 432. The zero-order valence-corrected chi connectivity index (χ0v) is 10.0. The van der Waals surface area contributed by atoms with Crippen molar-refractivity contribution >= 4 is 11.8 Å². The second kappa shape index (κ2) is 5.29. The van der Waals surface area contributed by atoms with Crippen molar-refractivity contribution in [2.75, 3.05) is 27.7 Å². The maximum atomic E-state index is 11.9. The summed E-state index contributed by atoms with van der Waals surface area (Å²) >= 11 is 0. The summed E-state index contributed by atoms with van der Waals surface area (Å²) in [7, 11) is 4.73. The Morgan fingerprint density at radius 2 is 2.00 bits per heavy atom. The van der Waals surface area contributed by atoms with Gasteiger partial charge in [-0.2, -0.15) is 0 Å². The van der Waals surface area contributed by atoms with E-state index in [0.29, 0.717) is 0 Å². The third-order valence-corrected chi connectivity index (χ3v) is 2.25. The molecule has 0 atom stereocenters. The summed E-state index contributed by atoms with van der Waals surface area (Å²) in [4.78, 5) is 29.6. The van der Waals surface area contributed by atoms with E-state index in [9.17, 15) is 14.7 Å². The molecule has 0 saturated heterocycles. The molecular formula is C11H15N3O3. The molecule has 0 radical (unpaired) electrons. The number of amides is 2. The van der Waals surface area contributed by atoms with Crippen LogP contribution in [-0.2, 0) is 4.79 Å². The molecule has 1 aromatic heterocycles. The predicted octanol–water partition coefficient (Wildman–Crippen LogP) is -0.0526. The molecule has 0 aliphatic rings. The van der Waals surface area contributed by atoms with Gasteiger partial charge in [0.25, 0.3) is 5.91 Å². The van der Waals surface area contributed by atoms with E-state index in [1.54, 1.807) is 14.1 Å². The second-order valence-corrected chi connectivity index (χ2v) is 3.84. The van der Waals surface area contributed by atoms with E-state index < -0.39 is 5.91 Å². The lowest BCUT2D eigenvalue weighted by Gasteiger charge is -2.19. The van der Waals surface area contributed by atoms with Crippen LogP contribution in [-0.4, -0.2) is 59.4 Å². The molecule has 0 saturated carbocycles. The number of aromatic hydroxyl groups is 1. The largest absolute Gasteiger partial charge is 0.505 e. The van der Waals surface area contributed by atoms with Crippen LogP contribution in [0.5, 0.6) is 5.75 Å². The zero-order chi connectivity index (χ0) is 13.0.